The highest BCUT2D eigenvalue weighted by Gasteiger charge is 2.19. The Morgan fingerprint density at radius 3 is 2.45 bits per heavy atom. The van der Waals surface area contributed by atoms with Crippen molar-refractivity contribution >= 4 is 17.5 Å². The molecule has 0 unspecified atom stereocenters. The molecule has 0 atom stereocenters. The van der Waals surface area contributed by atoms with Gasteiger partial charge in [-0.25, -0.2) is 0 Å². The molecule has 0 aromatic heterocycles. The summed E-state index contributed by atoms with van der Waals surface area (Å²) >= 11 is 5.81. The van der Waals surface area contributed by atoms with Gasteiger partial charge in [0, 0.05) is 36.8 Å². The van der Waals surface area contributed by atoms with Crippen LogP contribution in [0.15, 0.2) is 24.3 Å². The number of carbonyl (C=O) groups is 1. The lowest BCUT2D eigenvalue weighted by molar-refractivity contribution is -0.135. The zero-order chi connectivity index (χ0) is 14.4. The first kappa shape index (κ1) is 14.9. The fraction of sp³-hybridized carbons (Fsp3) is 0.400. The van der Waals surface area contributed by atoms with Gasteiger partial charge in [-0.1, -0.05) is 23.4 Å². The highest BCUT2D eigenvalue weighted by molar-refractivity contribution is 6.30. The van der Waals surface area contributed by atoms with Gasteiger partial charge in [0.05, 0.1) is 6.54 Å². The lowest BCUT2D eigenvalue weighted by Gasteiger charge is -2.33. The van der Waals surface area contributed by atoms with E-state index in [0.29, 0.717) is 24.7 Å². The normalized spacial score (nSPS) is 15.6. The van der Waals surface area contributed by atoms with Crippen molar-refractivity contribution in [2.24, 2.45) is 0 Å². The van der Waals surface area contributed by atoms with Gasteiger partial charge < -0.3 is 10.0 Å². The molecule has 2 rings (SSSR count). The van der Waals surface area contributed by atoms with E-state index in [4.69, 9.17) is 16.7 Å². The number of halogens is 1. The molecule has 5 heteroatoms. The van der Waals surface area contributed by atoms with Gasteiger partial charge in [-0.05, 0) is 24.3 Å². The first-order valence-electron chi connectivity index (χ1n) is 6.54. The standard InChI is InChI=1S/C15H17ClN2O2/c16-14-5-3-13(4-6-14)2-1-7-17-8-10-18(11-9-17)15(20)12-19/h3-6,19H,7-12H2. The second-order valence-corrected chi connectivity index (χ2v) is 5.06. The van der Waals surface area contributed by atoms with Crippen molar-refractivity contribution in [3.8, 4) is 11.8 Å². The molecule has 1 saturated heterocycles. The molecule has 1 aliphatic rings. The van der Waals surface area contributed by atoms with Gasteiger partial charge in [-0.2, -0.15) is 0 Å². The minimum absolute atomic E-state index is 0.197. The fourth-order valence-corrected chi connectivity index (χ4v) is 2.17. The maximum absolute atomic E-state index is 11.3. The number of hydrogen-bond acceptors (Lipinski definition) is 3. The molecule has 20 heavy (non-hydrogen) atoms. The van der Waals surface area contributed by atoms with Crippen LogP contribution in [-0.4, -0.2) is 60.1 Å². The van der Waals surface area contributed by atoms with Gasteiger partial charge in [0.2, 0.25) is 5.91 Å². The maximum atomic E-state index is 11.3. The van der Waals surface area contributed by atoms with E-state index in [0.717, 1.165) is 18.7 Å². The first-order valence-corrected chi connectivity index (χ1v) is 6.92. The highest BCUT2D eigenvalue weighted by atomic mass is 35.5. The van der Waals surface area contributed by atoms with Crippen molar-refractivity contribution in [2.75, 3.05) is 39.3 Å². The summed E-state index contributed by atoms with van der Waals surface area (Å²) in [5.41, 5.74) is 0.948. The Morgan fingerprint density at radius 2 is 1.85 bits per heavy atom. The maximum Gasteiger partial charge on any atom is 0.248 e. The van der Waals surface area contributed by atoms with Crippen LogP contribution in [0.3, 0.4) is 0 Å². The van der Waals surface area contributed by atoms with Crippen LogP contribution in [0, 0.1) is 11.8 Å². The summed E-state index contributed by atoms with van der Waals surface area (Å²) in [6.45, 7) is 3.17. The molecule has 1 N–H and O–H groups in total. The molecular formula is C15H17ClN2O2. The number of benzene rings is 1. The Bertz CT molecular complexity index is 511. The van der Waals surface area contributed by atoms with Crippen molar-refractivity contribution < 1.29 is 9.90 Å². The number of aliphatic hydroxyl groups excluding tert-OH is 1. The molecule has 0 spiro atoms. The predicted octanol–water partition coefficient (Wildman–Crippen LogP) is 0.828. The summed E-state index contributed by atoms with van der Waals surface area (Å²) in [7, 11) is 0. The van der Waals surface area contributed by atoms with E-state index in [1.54, 1.807) is 4.90 Å². The third-order valence-corrected chi connectivity index (χ3v) is 3.49. The first-order chi connectivity index (χ1) is 9.69. The van der Waals surface area contributed by atoms with Crippen LogP contribution in [0.5, 0.6) is 0 Å². The molecule has 1 heterocycles. The summed E-state index contributed by atoms with van der Waals surface area (Å²) in [4.78, 5) is 15.2. The topological polar surface area (TPSA) is 43.8 Å². The summed E-state index contributed by atoms with van der Waals surface area (Å²) in [5.74, 6) is 6.03. The lowest BCUT2D eigenvalue weighted by Crippen LogP contribution is -2.49. The third kappa shape index (κ3) is 4.24. The molecule has 1 aromatic rings. The summed E-state index contributed by atoms with van der Waals surface area (Å²) in [6.07, 6.45) is 0. The third-order valence-electron chi connectivity index (χ3n) is 3.24. The highest BCUT2D eigenvalue weighted by Crippen LogP contribution is 2.08. The van der Waals surface area contributed by atoms with Crippen LogP contribution in [0.4, 0.5) is 0 Å². The molecule has 4 nitrogen and oxygen atoms in total. The van der Waals surface area contributed by atoms with Crippen molar-refractivity contribution in [1.29, 1.82) is 0 Å². The number of nitrogens with zero attached hydrogens (tertiary/aromatic N) is 2. The Labute approximate surface area is 123 Å². The fourth-order valence-electron chi connectivity index (χ4n) is 2.04. The van der Waals surface area contributed by atoms with E-state index in [1.807, 2.05) is 24.3 Å². The molecular weight excluding hydrogens is 276 g/mol. The smallest absolute Gasteiger partial charge is 0.248 e. The Balaban J connectivity index is 1.79. The second kappa shape index (κ2) is 7.30. The number of amides is 1. The average Bonchev–Trinajstić information content (AvgIpc) is 2.49. The summed E-state index contributed by atoms with van der Waals surface area (Å²) in [5, 5.41) is 9.51. The van der Waals surface area contributed by atoms with Crippen LogP contribution < -0.4 is 0 Å². The molecule has 1 fully saturated rings. The number of hydrogen-bond donors (Lipinski definition) is 1. The van der Waals surface area contributed by atoms with E-state index < -0.39 is 6.61 Å². The number of carbonyl (C=O) groups excluding carboxylic acids is 1. The van der Waals surface area contributed by atoms with E-state index >= 15 is 0 Å². The summed E-state index contributed by atoms with van der Waals surface area (Å²) < 4.78 is 0. The van der Waals surface area contributed by atoms with E-state index in [-0.39, 0.29) is 5.91 Å². The molecule has 0 radical (unpaired) electrons. The van der Waals surface area contributed by atoms with Crippen LogP contribution >= 0.6 is 11.6 Å². The van der Waals surface area contributed by atoms with Gasteiger partial charge in [-0.15, -0.1) is 0 Å². The lowest BCUT2D eigenvalue weighted by atomic mass is 10.2. The number of aliphatic hydroxyl groups is 1. The Hall–Kier alpha value is -1.54. The monoisotopic (exact) mass is 292 g/mol. The van der Waals surface area contributed by atoms with Gasteiger partial charge in [0.1, 0.15) is 6.61 Å². The van der Waals surface area contributed by atoms with Crippen molar-refractivity contribution in [3.05, 3.63) is 34.9 Å². The number of rotatable bonds is 2. The number of piperazine rings is 1. The van der Waals surface area contributed by atoms with Crippen LogP contribution in [-0.2, 0) is 4.79 Å². The predicted molar refractivity (Wildman–Crippen MR) is 78.4 cm³/mol. The minimum atomic E-state index is -0.406. The van der Waals surface area contributed by atoms with E-state index in [9.17, 15) is 4.79 Å². The SMILES string of the molecule is O=C(CO)N1CCN(CC#Cc2ccc(Cl)cc2)CC1. The average molecular weight is 293 g/mol. The van der Waals surface area contributed by atoms with Crippen molar-refractivity contribution in [3.63, 3.8) is 0 Å². The molecule has 106 valence electrons. The zero-order valence-electron chi connectivity index (χ0n) is 11.2. The Kier molecular flexibility index (Phi) is 5.42. The molecule has 0 aliphatic carbocycles. The second-order valence-electron chi connectivity index (χ2n) is 4.62. The molecule has 1 aromatic carbocycles. The van der Waals surface area contributed by atoms with Crippen LogP contribution in [0.25, 0.3) is 0 Å². The van der Waals surface area contributed by atoms with Gasteiger partial charge >= 0.3 is 0 Å². The minimum Gasteiger partial charge on any atom is -0.387 e. The van der Waals surface area contributed by atoms with Gasteiger partial charge in [-0.3, -0.25) is 9.69 Å². The largest absolute Gasteiger partial charge is 0.387 e. The molecule has 1 amide bonds. The van der Waals surface area contributed by atoms with Crippen molar-refractivity contribution in [1.82, 2.24) is 9.80 Å². The van der Waals surface area contributed by atoms with Crippen LogP contribution in [0.2, 0.25) is 5.02 Å². The van der Waals surface area contributed by atoms with E-state index in [1.165, 1.54) is 0 Å². The molecule has 1 aliphatic heterocycles. The zero-order valence-corrected chi connectivity index (χ0v) is 11.9. The van der Waals surface area contributed by atoms with Gasteiger partial charge in [0.15, 0.2) is 0 Å². The quantitative estimate of drug-likeness (QED) is 0.821. The molecule has 0 bridgehead atoms. The summed E-state index contributed by atoms with van der Waals surface area (Å²) in [6, 6.07) is 7.44. The van der Waals surface area contributed by atoms with Crippen molar-refractivity contribution in [2.45, 2.75) is 0 Å². The van der Waals surface area contributed by atoms with Gasteiger partial charge in [0.25, 0.3) is 0 Å². The molecule has 0 saturated carbocycles. The van der Waals surface area contributed by atoms with E-state index in [2.05, 4.69) is 16.7 Å². The Morgan fingerprint density at radius 1 is 1.20 bits per heavy atom. The van der Waals surface area contributed by atoms with Crippen LogP contribution in [0.1, 0.15) is 5.56 Å².